The fraction of sp³-hybridized carbons (Fsp3) is 0.417. The quantitative estimate of drug-likeness (QED) is 0.105. The summed E-state index contributed by atoms with van der Waals surface area (Å²) in [5.41, 5.74) is 4.38. The molecule has 4 aromatic rings. The third-order valence-electron chi connectivity index (χ3n) is 7.71. The molecule has 2 aromatic heterocycles. The highest BCUT2D eigenvalue weighted by molar-refractivity contribution is 7.09. The minimum absolute atomic E-state index is 0.0709. The molecule has 0 saturated carbocycles. The first kappa shape index (κ1) is 37.5. The van der Waals surface area contributed by atoms with Crippen LogP contribution in [0, 0.1) is 0 Å². The Hall–Kier alpha value is -4.33. The van der Waals surface area contributed by atoms with Crippen molar-refractivity contribution in [1.82, 2.24) is 30.8 Å². The van der Waals surface area contributed by atoms with Crippen LogP contribution in [0.2, 0.25) is 0 Å². The van der Waals surface area contributed by atoms with E-state index in [2.05, 4.69) is 39.8 Å². The SMILES string of the molecule is CCCN(Cc1csc(C(C)C)n1)C(=O)NCC(=O)N[C@@H](Cc1ccccc1)C[C@H](O)[C@H](Cc1ccccc1)NC(=O)OCc1cncs1. The van der Waals surface area contributed by atoms with Crippen molar-refractivity contribution >= 4 is 40.7 Å². The standard InChI is InChI=1S/C36H46N6O5S2/c1-4-15-42(21-29-23-48-34(40-29)25(2)3)35(45)38-20-33(44)39-28(16-26-11-7-5-8-12-26)18-32(43)31(17-27-13-9-6-10-14-27)41-36(46)47-22-30-19-37-24-49-30/h5-14,19,23-25,28,31-32,43H,4,15-18,20-22H2,1-3H3,(H,38,45)(H,39,44)(H,41,46)/t28-,31-,32-/m0/s1. The zero-order valence-electron chi connectivity index (χ0n) is 28.2. The molecule has 0 saturated heterocycles. The molecule has 11 nitrogen and oxygen atoms in total. The number of ether oxygens (including phenoxy) is 1. The van der Waals surface area contributed by atoms with Gasteiger partial charge >= 0.3 is 12.1 Å². The lowest BCUT2D eigenvalue weighted by molar-refractivity contribution is -0.121. The van der Waals surface area contributed by atoms with Gasteiger partial charge in [0.25, 0.3) is 0 Å². The second-order valence-electron chi connectivity index (χ2n) is 12.2. The number of alkyl carbamates (subject to hydrolysis) is 1. The normalized spacial score (nSPS) is 12.9. The van der Waals surface area contributed by atoms with Gasteiger partial charge in [0.1, 0.15) is 6.61 Å². The van der Waals surface area contributed by atoms with Crippen LogP contribution in [0.15, 0.2) is 77.8 Å². The number of aliphatic hydroxyl groups excluding tert-OH is 1. The number of hydrogen-bond donors (Lipinski definition) is 4. The molecule has 0 fully saturated rings. The summed E-state index contributed by atoms with van der Waals surface area (Å²) < 4.78 is 5.40. The Kier molecular flexibility index (Phi) is 15.0. The highest BCUT2D eigenvalue weighted by atomic mass is 32.1. The average Bonchev–Trinajstić information content (AvgIpc) is 3.80. The van der Waals surface area contributed by atoms with E-state index in [4.69, 9.17) is 4.74 Å². The number of carbonyl (C=O) groups is 3. The van der Waals surface area contributed by atoms with Crippen LogP contribution in [0.5, 0.6) is 0 Å². The van der Waals surface area contributed by atoms with Crippen LogP contribution < -0.4 is 16.0 Å². The molecule has 3 atom stereocenters. The molecule has 0 aliphatic heterocycles. The molecule has 0 spiro atoms. The van der Waals surface area contributed by atoms with E-state index in [0.29, 0.717) is 31.8 Å². The maximum atomic E-state index is 13.3. The summed E-state index contributed by atoms with van der Waals surface area (Å²) >= 11 is 2.96. The van der Waals surface area contributed by atoms with Gasteiger partial charge in [0, 0.05) is 30.1 Å². The van der Waals surface area contributed by atoms with E-state index >= 15 is 0 Å². The van der Waals surface area contributed by atoms with Crippen LogP contribution in [0.4, 0.5) is 9.59 Å². The van der Waals surface area contributed by atoms with Crippen molar-refractivity contribution in [3.63, 3.8) is 0 Å². The number of rotatable bonds is 18. The molecule has 0 bridgehead atoms. The molecule has 4 rings (SSSR count). The fourth-order valence-corrected chi connectivity index (χ4v) is 6.60. The van der Waals surface area contributed by atoms with Gasteiger partial charge in [-0.2, -0.15) is 0 Å². The van der Waals surface area contributed by atoms with Gasteiger partial charge < -0.3 is 30.7 Å². The summed E-state index contributed by atoms with van der Waals surface area (Å²) in [6, 6.07) is 17.7. The van der Waals surface area contributed by atoms with Crippen LogP contribution in [-0.4, -0.2) is 69.3 Å². The molecule has 0 unspecified atom stereocenters. The summed E-state index contributed by atoms with van der Waals surface area (Å²) in [6.45, 7) is 6.88. The minimum atomic E-state index is -1.03. The lowest BCUT2D eigenvalue weighted by Gasteiger charge is -2.28. The van der Waals surface area contributed by atoms with E-state index in [-0.39, 0.29) is 31.5 Å². The molecule has 2 heterocycles. The maximum Gasteiger partial charge on any atom is 0.407 e. The van der Waals surface area contributed by atoms with Gasteiger partial charge in [-0.25, -0.2) is 14.6 Å². The van der Waals surface area contributed by atoms with Crippen molar-refractivity contribution in [2.24, 2.45) is 0 Å². The molecule has 13 heteroatoms. The minimum Gasteiger partial charge on any atom is -0.444 e. The number of carbonyl (C=O) groups excluding carboxylic acids is 3. The van der Waals surface area contributed by atoms with Gasteiger partial charge in [-0.15, -0.1) is 22.7 Å². The Balaban J connectivity index is 1.40. The zero-order valence-corrected chi connectivity index (χ0v) is 29.8. The molecule has 4 amide bonds. The van der Waals surface area contributed by atoms with E-state index < -0.39 is 24.3 Å². The Morgan fingerprint density at radius 1 is 0.959 bits per heavy atom. The number of hydrogen-bond acceptors (Lipinski definition) is 9. The topological polar surface area (TPSA) is 146 Å². The summed E-state index contributed by atoms with van der Waals surface area (Å²) in [5.74, 6) is -0.0733. The van der Waals surface area contributed by atoms with Gasteiger partial charge in [0.2, 0.25) is 5.91 Å². The lowest BCUT2D eigenvalue weighted by Crippen LogP contribution is -2.50. The van der Waals surface area contributed by atoms with Crippen LogP contribution in [0.3, 0.4) is 0 Å². The average molecular weight is 707 g/mol. The summed E-state index contributed by atoms with van der Waals surface area (Å²) in [6.07, 6.45) is 1.64. The lowest BCUT2D eigenvalue weighted by atomic mass is 9.93. The van der Waals surface area contributed by atoms with Crippen LogP contribution in [0.25, 0.3) is 0 Å². The largest absolute Gasteiger partial charge is 0.444 e. The Morgan fingerprint density at radius 3 is 2.27 bits per heavy atom. The van der Waals surface area contributed by atoms with E-state index in [1.54, 1.807) is 27.9 Å². The first-order chi connectivity index (χ1) is 23.7. The third-order valence-corrected chi connectivity index (χ3v) is 9.66. The molecular weight excluding hydrogens is 661 g/mol. The highest BCUT2D eigenvalue weighted by Crippen LogP contribution is 2.20. The molecular formula is C36H46N6O5S2. The number of benzene rings is 2. The first-order valence-electron chi connectivity index (χ1n) is 16.5. The molecule has 262 valence electrons. The Labute approximate surface area is 296 Å². The number of urea groups is 1. The monoisotopic (exact) mass is 706 g/mol. The molecule has 49 heavy (non-hydrogen) atoms. The van der Waals surface area contributed by atoms with Crippen molar-refractivity contribution in [1.29, 1.82) is 0 Å². The van der Waals surface area contributed by atoms with Gasteiger partial charge in [-0.1, -0.05) is 81.4 Å². The number of nitrogens with zero attached hydrogens (tertiary/aromatic N) is 3. The Morgan fingerprint density at radius 2 is 1.65 bits per heavy atom. The summed E-state index contributed by atoms with van der Waals surface area (Å²) in [4.78, 5) is 50.3. The molecule has 0 aliphatic rings. The fourth-order valence-electron chi connectivity index (χ4n) is 5.27. The smallest absolute Gasteiger partial charge is 0.407 e. The van der Waals surface area contributed by atoms with Gasteiger partial charge in [0.05, 0.1) is 46.3 Å². The van der Waals surface area contributed by atoms with E-state index in [1.165, 1.54) is 11.3 Å². The second-order valence-corrected chi connectivity index (χ2v) is 14.0. The molecule has 2 aromatic carbocycles. The number of aromatic nitrogens is 2. The van der Waals surface area contributed by atoms with E-state index in [1.807, 2.05) is 73.0 Å². The van der Waals surface area contributed by atoms with Crippen molar-refractivity contribution in [2.75, 3.05) is 13.1 Å². The van der Waals surface area contributed by atoms with E-state index in [9.17, 15) is 19.5 Å². The molecule has 0 radical (unpaired) electrons. The summed E-state index contributed by atoms with van der Waals surface area (Å²) in [7, 11) is 0. The number of amides is 4. The van der Waals surface area contributed by atoms with Gasteiger partial charge in [-0.3, -0.25) is 9.78 Å². The number of thiazole rings is 2. The summed E-state index contributed by atoms with van der Waals surface area (Å²) in [5, 5.41) is 23.1. The molecule has 0 aliphatic carbocycles. The molecule has 4 N–H and O–H groups in total. The Bertz CT molecular complexity index is 1570. The third kappa shape index (κ3) is 12.9. The van der Waals surface area contributed by atoms with Crippen LogP contribution >= 0.6 is 22.7 Å². The zero-order chi connectivity index (χ0) is 35.0. The van der Waals surface area contributed by atoms with Gasteiger partial charge in [0.15, 0.2) is 0 Å². The first-order valence-corrected chi connectivity index (χ1v) is 18.3. The van der Waals surface area contributed by atoms with Crippen LogP contribution in [0.1, 0.15) is 66.2 Å². The second kappa shape index (κ2) is 19.6. The van der Waals surface area contributed by atoms with Crippen molar-refractivity contribution in [2.45, 2.75) is 83.7 Å². The van der Waals surface area contributed by atoms with Crippen molar-refractivity contribution in [3.8, 4) is 0 Å². The van der Waals surface area contributed by atoms with Gasteiger partial charge in [-0.05, 0) is 36.8 Å². The van der Waals surface area contributed by atoms with E-state index in [0.717, 1.165) is 33.1 Å². The predicted molar refractivity (Wildman–Crippen MR) is 192 cm³/mol. The number of nitrogens with one attached hydrogen (secondary N) is 3. The highest BCUT2D eigenvalue weighted by Gasteiger charge is 2.27. The van der Waals surface area contributed by atoms with Crippen LogP contribution in [-0.2, 0) is 35.5 Å². The maximum absolute atomic E-state index is 13.3. The van der Waals surface area contributed by atoms with Crippen molar-refractivity contribution < 1.29 is 24.2 Å². The van der Waals surface area contributed by atoms with Crippen molar-refractivity contribution in [3.05, 3.63) is 104 Å². The number of aliphatic hydroxyl groups is 1. The predicted octanol–water partition coefficient (Wildman–Crippen LogP) is 5.66.